The molecule has 0 aliphatic carbocycles. The third kappa shape index (κ3) is 2.97. The Morgan fingerprint density at radius 2 is 2.43 bits per heavy atom. The van der Waals surface area contributed by atoms with Gasteiger partial charge in [-0.2, -0.15) is 0 Å². The number of hydrogen-bond donors (Lipinski definition) is 2. The number of nitrogens with zero attached hydrogens (tertiary/aromatic N) is 1. The zero-order valence-electron chi connectivity index (χ0n) is 7.88. The third-order valence-corrected chi connectivity index (χ3v) is 2.07. The Bertz CT molecular complexity index is 341. The molecule has 5 heteroatoms. The second-order valence-corrected chi connectivity index (χ2v) is 3.28. The van der Waals surface area contributed by atoms with Crippen molar-refractivity contribution in [2.75, 3.05) is 11.9 Å². The molecule has 0 bridgehead atoms. The number of carbonyl (C=O) groups is 1. The summed E-state index contributed by atoms with van der Waals surface area (Å²) in [5, 5.41) is 3.12. The van der Waals surface area contributed by atoms with Gasteiger partial charge in [-0.25, -0.2) is 4.98 Å². The van der Waals surface area contributed by atoms with E-state index >= 15 is 0 Å². The Labute approximate surface area is 87.5 Å². The number of carbonyl (C=O) groups excluding carboxylic acids is 1. The molecule has 4 nitrogen and oxygen atoms in total. The van der Waals surface area contributed by atoms with Crippen LogP contribution in [0.3, 0.4) is 0 Å². The zero-order chi connectivity index (χ0) is 10.6. The van der Waals surface area contributed by atoms with Gasteiger partial charge < -0.3 is 11.1 Å². The van der Waals surface area contributed by atoms with Crippen LogP contribution in [0.5, 0.6) is 0 Å². The van der Waals surface area contributed by atoms with E-state index in [1.54, 1.807) is 6.07 Å². The van der Waals surface area contributed by atoms with Gasteiger partial charge >= 0.3 is 0 Å². The summed E-state index contributed by atoms with van der Waals surface area (Å²) in [6.07, 6.45) is 1.82. The van der Waals surface area contributed by atoms with Crippen LogP contribution in [-0.2, 0) is 4.79 Å². The van der Waals surface area contributed by atoms with E-state index in [9.17, 15) is 4.79 Å². The second-order valence-electron chi connectivity index (χ2n) is 2.92. The van der Waals surface area contributed by atoms with Crippen molar-refractivity contribution in [1.82, 2.24) is 4.98 Å². The van der Waals surface area contributed by atoms with Crippen LogP contribution in [0.15, 0.2) is 12.3 Å². The molecule has 76 valence electrons. The molecule has 0 saturated carbocycles. The highest BCUT2D eigenvalue weighted by molar-refractivity contribution is 6.30. The number of anilines is 1. The van der Waals surface area contributed by atoms with Gasteiger partial charge in [-0.05, 0) is 18.6 Å². The summed E-state index contributed by atoms with van der Waals surface area (Å²) >= 11 is 5.73. The number of nitrogens with one attached hydrogen (secondary N) is 1. The average Bonchev–Trinajstić information content (AvgIpc) is 2.12. The van der Waals surface area contributed by atoms with Gasteiger partial charge in [-0.15, -0.1) is 0 Å². The van der Waals surface area contributed by atoms with Gasteiger partial charge in [0.1, 0.15) is 5.15 Å². The van der Waals surface area contributed by atoms with Crippen LogP contribution in [0.1, 0.15) is 12.0 Å². The van der Waals surface area contributed by atoms with Crippen LogP contribution in [0.4, 0.5) is 5.69 Å². The summed E-state index contributed by atoms with van der Waals surface area (Å²) in [6, 6.07) is 1.77. The van der Waals surface area contributed by atoms with Gasteiger partial charge in [0.2, 0.25) is 5.91 Å². The van der Waals surface area contributed by atoms with Crippen LogP contribution in [0.25, 0.3) is 0 Å². The molecule has 0 spiro atoms. The monoisotopic (exact) mass is 213 g/mol. The highest BCUT2D eigenvalue weighted by Gasteiger charge is 2.02. The summed E-state index contributed by atoms with van der Waals surface area (Å²) < 4.78 is 0. The molecular weight excluding hydrogens is 202 g/mol. The minimum atomic E-state index is -0.115. The van der Waals surface area contributed by atoms with Gasteiger partial charge in [-0.1, -0.05) is 11.6 Å². The molecule has 0 aliphatic rings. The maximum absolute atomic E-state index is 11.2. The molecule has 0 atom stereocenters. The molecule has 1 aromatic heterocycles. The predicted octanol–water partition coefficient (Wildman–Crippen LogP) is 1.33. The van der Waals surface area contributed by atoms with Crippen molar-refractivity contribution in [3.05, 3.63) is 23.0 Å². The Balaban J connectivity index is 2.68. The summed E-state index contributed by atoms with van der Waals surface area (Å²) in [5.41, 5.74) is 6.71. The summed E-state index contributed by atoms with van der Waals surface area (Å²) in [7, 11) is 0. The first-order valence-electron chi connectivity index (χ1n) is 4.25. The molecule has 0 fully saturated rings. The largest absolute Gasteiger partial charge is 0.330 e. The maximum atomic E-state index is 11.2. The molecule has 0 radical (unpaired) electrons. The topological polar surface area (TPSA) is 68.0 Å². The van der Waals surface area contributed by atoms with E-state index in [1.165, 1.54) is 6.20 Å². The van der Waals surface area contributed by atoms with Crippen molar-refractivity contribution in [2.45, 2.75) is 13.3 Å². The van der Waals surface area contributed by atoms with Crippen LogP contribution < -0.4 is 11.1 Å². The number of aryl methyl sites for hydroxylation is 1. The molecule has 0 saturated heterocycles. The molecular formula is C9H12ClN3O. The van der Waals surface area contributed by atoms with E-state index in [0.29, 0.717) is 23.8 Å². The van der Waals surface area contributed by atoms with Crippen molar-refractivity contribution in [3.8, 4) is 0 Å². The highest BCUT2D eigenvalue weighted by Crippen LogP contribution is 2.15. The molecule has 1 heterocycles. The fourth-order valence-electron chi connectivity index (χ4n) is 0.981. The number of amides is 1. The summed E-state index contributed by atoms with van der Waals surface area (Å²) in [6.45, 7) is 2.17. The highest BCUT2D eigenvalue weighted by atomic mass is 35.5. The van der Waals surface area contributed by atoms with Gasteiger partial charge in [0.25, 0.3) is 0 Å². The maximum Gasteiger partial charge on any atom is 0.225 e. The molecule has 1 rings (SSSR count). The van der Waals surface area contributed by atoms with Gasteiger partial charge in [-0.3, -0.25) is 4.79 Å². The number of pyridine rings is 1. The lowest BCUT2D eigenvalue weighted by Gasteiger charge is -2.05. The molecule has 1 amide bonds. The molecule has 3 N–H and O–H groups in total. The lowest BCUT2D eigenvalue weighted by Crippen LogP contribution is -2.16. The van der Waals surface area contributed by atoms with Crippen molar-refractivity contribution in [1.29, 1.82) is 0 Å². The quantitative estimate of drug-likeness (QED) is 0.745. The van der Waals surface area contributed by atoms with E-state index in [1.807, 2.05) is 6.92 Å². The molecule has 14 heavy (non-hydrogen) atoms. The van der Waals surface area contributed by atoms with Gasteiger partial charge in [0, 0.05) is 13.0 Å². The minimum absolute atomic E-state index is 0.115. The molecule has 0 aliphatic heterocycles. The first kappa shape index (κ1) is 10.9. The smallest absolute Gasteiger partial charge is 0.225 e. The Kier molecular flexibility index (Phi) is 3.85. The normalized spacial score (nSPS) is 9.93. The molecule has 0 unspecified atom stereocenters. The Morgan fingerprint density at radius 3 is 3.00 bits per heavy atom. The van der Waals surface area contributed by atoms with Gasteiger partial charge in [0.05, 0.1) is 11.9 Å². The number of nitrogens with two attached hydrogens (primary N) is 1. The Morgan fingerprint density at radius 1 is 1.71 bits per heavy atom. The van der Waals surface area contributed by atoms with Crippen molar-refractivity contribution in [2.24, 2.45) is 5.73 Å². The van der Waals surface area contributed by atoms with Crippen molar-refractivity contribution >= 4 is 23.2 Å². The average molecular weight is 214 g/mol. The SMILES string of the molecule is Cc1cc(NC(=O)CCN)cnc1Cl. The van der Waals surface area contributed by atoms with E-state index in [0.717, 1.165) is 5.56 Å². The number of halogens is 1. The van der Waals surface area contributed by atoms with Crippen LogP contribution in [-0.4, -0.2) is 17.4 Å². The van der Waals surface area contributed by atoms with Crippen molar-refractivity contribution < 1.29 is 4.79 Å². The van der Waals surface area contributed by atoms with Crippen molar-refractivity contribution in [3.63, 3.8) is 0 Å². The molecule has 1 aromatic rings. The van der Waals surface area contributed by atoms with E-state index in [4.69, 9.17) is 17.3 Å². The van der Waals surface area contributed by atoms with E-state index < -0.39 is 0 Å². The third-order valence-electron chi connectivity index (χ3n) is 1.67. The number of hydrogen-bond acceptors (Lipinski definition) is 3. The lowest BCUT2D eigenvalue weighted by atomic mass is 10.3. The first-order valence-corrected chi connectivity index (χ1v) is 4.63. The fraction of sp³-hybridized carbons (Fsp3) is 0.333. The second kappa shape index (κ2) is 4.93. The number of aromatic nitrogens is 1. The van der Waals surface area contributed by atoms with E-state index in [-0.39, 0.29) is 5.91 Å². The molecule has 0 aromatic carbocycles. The standard InChI is InChI=1S/C9H12ClN3O/c1-6-4-7(5-12-9(6)10)13-8(14)2-3-11/h4-5H,2-3,11H2,1H3,(H,13,14). The predicted molar refractivity (Wildman–Crippen MR) is 56.3 cm³/mol. The van der Waals surface area contributed by atoms with Crippen LogP contribution >= 0.6 is 11.6 Å². The summed E-state index contributed by atoms with van der Waals surface area (Å²) in [5.74, 6) is -0.115. The van der Waals surface area contributed by atoms with Crippen LogP contribution in [0, 0.1) is 6.92 Å². The zero-order valence-corrected chi connectivity index (χ0v) is 8.64. The van der Waals surface area contributed by atoms with Gasteiger partial charge in [0.15, 0.2) is 0 Å². The summed E-state index contributed by atoms with van der Waals surface area (Å²) in [4.78, 5) is 15.1. The number of rotatable bonds is 3. The fourth-order valence-corrected chi connectivity index (χ4v) is 1.08. The Hall–Kier alpha value is -1.13. The minimum Gasteiger partial charge on any atom is -0.330 e. The van der Waals surface area contributed by atoms with Crippen LogP contribution in [0.2, 0.25) is 5.15 Å². The van der Waals surface area contributed by atoms with E-state index in [2.05, 4.69) is 10.3 Å². The first-order chi connectivity index (χ1) is 6.63. The lowest BCUT2D eigenvalue weighted by molar-refractivity contribution is -0.116.